The van der Waals surface area contributed by atoms with Crippen molar-refractivity contribution in [3.8, 4) is 11.8 Å². The molecule has 1 aliphatic rings. The van der Waals surface area contributed by atoms with E-state index in [0.29, 0.717) is 29.2 Å². The van der Waals surface area contributed by atoms with E-state index in [9.17, 15) is 13.6 Å². The summed E-state index contributed by atoms with van der Waals surface area (Å²) in [5, 5.41) is 2.35. The number of rotatable bonds is 3. The van der Waals surface area contributed by atoms with Gasteiger partial charge >= 0.3 is 0 Å². The third kappa shape index (κ3) is 4.56. The number of hydrogen-bond acceptors (Lipinski definition) is 4. The number of nitrogens with one attached hydrogen (secondary N) is 1. The lowest BCUT2D eigenvalue weighted by atomic mass is 10.1. The minimum Gasteiger partial charge on any atom is -0.355 e. The molecule has 0 bridgehead atoms. The molecule has 4 rings (SSSR count). The van der Waals surface area contributed by atoms with Crippen molar-refractivity contribution in [1.29, 1.82) is 0 Å². The summed E-state index contributed by atoms with van der Waals surface area (Å²) in [5.74, 6) is 5.13. The summed E-state index contributed by atoms with van der Waals surface area (Å²) in [6.45, 7) is 0.689. The molecule has 8 heteroatoms. The molecular weight excluding hydrogens is 434 g/mol. The molecule has 1 aromatic heterocycles. The lowest BCUT2D eigenvalue weighted by Crippen LogP contribution is -2.31. The average molecular weight is 453 g/mol. The van der Waals surface area contributed by atoms with Crippen LogP contribution in [0.2, 0.25) is 5.02 Å². The summed E-state index contributed by atoms with van der Waals surface area (Å²) in [7, 11) is 1.57. The first-order valence-electron chi connectivity index (χ1n) is 10.0. The first-order valence-corrected chi connectivity index (χ1v) is 10.4. The van der Waals surface area contributed by atoms with Gasteiger partial charge in [0.15, 0.2) is 5.82 Å². The largest absolute Gasteiger partial charge is 0.355 e. The van der Waals surface area contributed by atoms with Crippen molar-refractivity contribution in [3.05, 3.63) is 87.3 Å². The Balaban J connectivity index is 1.63. The van der Waals surface area contributed by atoms with Crippen LogP contribution in [0.15, 0.2) is 42.6 Å². The summed E-state index contributed by atoms with van der Waals surface area (Å²) < 4.78 is 28.1. The number of benzene rings is 2. The van der Waals surface area contributed by atoms with Crippen molar-refractivity contribution in [2.45, 2.75) is 19.4 Å². The van der Waals surface area contributed by atoms with Gasteiger partial charge < -0.3 is 10.2 Å². The van der Waals surface area contributed by atoms with Gasteiger partial charge in [0.25, 0.3) is 5.91 Å². The third-order valence-electron chi connectivity index (χ3n) is 5.14. The van der Waals surface area contributed by atoms with E-state index in [4.69, 9.17) is 11.6 Å². The fourth-order valence-electron chi connectivity index (χ4n) is 3.51. The molecule has 0 unspecified atom stereocenters. The zero-order valence-electron chi connectivity index (χ0n) is 17.3. The van der Waals surface area contributed by atoms with Gasteiger partial charge in [0, 0.05) is 36.8 Å². The molecule has 2 heterocycles. The highest BCUT2D eigenvalue weighted by molar-refractivity contribution is 6.31. The highest BCUT2D eigenvalue weighted by Gasteiger charge is 2.23. The van der Waals surface area contributed by atoms with E-state index in [1.807, 2.05) is 4.90 Å². The van der Waals surface area contributed by atoms with Gasteiger partial charge in [-0.3, -0.25) is 9.78 Å². The van der Waals surface area contributed by atoms with Crippen molar-refractivity contribution in [1.82, 2.24) is 15.3 Å². The fourth-order valence-corrected chi connectivity index (χ4v) is 3.73. The van der Waals surface area contributed by atoms with Gasteiger partial charge in [-0.25, -0.2) is 13.8 Å². The molecule has 0 spiro atoms. The number of aryl methyl sites for hydroxylation is 1. The quantitative estimate of drug-likeness (QED) is 0.480. The summed E-state index contributed by atoms with van der Waals surface area (Å²) >= 11 is 6.01. The fraction of sp³-hybridized carbons (Fsp3) is 0.208. The molecule has 1 amide bonds. The Kier molecular flexibility index (Phi) is 6.33. The van der Waals surface area contributed by atoms with E-state index < -0.39 is 11.6 Å². The molecule has 0 saturated carbocycles. The number of halogens is 3. The Morgan fingerprint density at radius 3 is 2.84 bits per heavy atom. The first kappa shape index (κ1) is 21.7. The monoisotopic (exact) mass is 452 g/mol. The van der Waals surface area contributed by atoms with Gasteiger partial charge in [0.2, 0.25) is 0 Å². The highest BCUT2D eigenvalue weighted by Crippen LogP contribution is 2.29. The van der Waals surface area contributed by atoms with E-state index >= 15 is 0 Å². The van der Waals surface area contributed by atoms with Crippen LogP contribution in [-0.2, 0) is 13.0 Å². The van der Waals surface area contributed by atoms with Crippen LogP contribution in [0.25, 0.3) is 0 Å². The molecule has 0 saturated heterocycles. The Morgan fingerprint density at radius 1 is 1.22 bits per heavy atom. The Bertz CT molecular complexity index is 1250. The zero-order chi connectivity index (χ0) is 22.7. The molecule has 0 aliphatic carbocycles. The molecule has 5 nitrogen and oxygen atoms in total. The number of nitrogens with zero attached hydrogens (tertiary/aromatic N) is 3. The third-order valence-corrected chi connectivity index (χ3v) is 5.55. The van der Waals surface area contributed by atoms with Gasteiger partial charge in [-0.2, -0.15) is 0 Å². The summed E-state index contributed by atoms with van der Waals surface area (Å²) in [6, 6.07) is 9.04. The predicted octanol–water partition coefficient (Wildman–Crippen LogP) is 4.12. The second kappa shape index (κ2) is 9.33. The molecule has 2 aromatic carbocycles. The maximum Gasteiger partial charge on any atom is 0.251 e. The average Bonchev–Trinajstić information content (AvgIpc) is 2.82. The first-order chi connectivity index (χ1) is 15.5. The number of hydrogen-bond donors (Lipinski definition) is 1. The van der Waals surface area contributed by atoms with Crippen molar-refractivity contribution in [2.75, 3.05) is 18.5 Å². The Labute approximate surface area is 189 Å². The lowest BCUT2D eigenvalue weighted by Gasteiger charge is -2.29. The number of carbonyl (C=O) groups is 1. The van der Waals surface area contributed by atoms with Gasteiger partial charge in [-0.05, 0) is 49.1 Å². The van der Waals surface area contributed by atoms with Crippen LogP contribution < -0.4 is 10.2 Å². The zero-order valence-corrected chi connectivity index (χ0v) is 18.0. The van der Waals surface area contributed by atoms with Gasteiger partial charge in [-0.15, -0.1) is 0 Å². The Morgan fingerprint density at radius 2 is 2.03 bits per heavy atom. The molecule has 0 fully saturated rings. The Hall–Kier alpha value is -3.50. The number of amides is 1. The van der Waals surface area contributed by atoms with Crippen LogP contribution in [0.1, 0.15) is 39.3 Å². The second-order valence-electron chi connectivity index (χ2n) is 7.28. The van der Waals surface area contributed by atoms with Gasteiger partial charge in [-0.1, -0.05) is 23.6 Å². The maximum atomic E-state index is 14.3. The number of carbonyl (C=O) groups excluding carboxylic acids is 1. The van der Waals surface area contributed by atoms with Crippen LogP contribution >= 0.6 is 11.6 Å². The summed E-state index contributed by atoms with van der Waals surface area (Å²) in [6.07, 6.45) is 3.14. The molecule has 3 aromatic rings. The van der Waals surface area contributed by atoms with Crippen molar-refractivity contribution in [2.24, 2.45) is 0 Å². The number of anilines is 1. The smallest absolute Gasteiger partial charge is 0.251 e. The topological polar surface area (TPSA) is 58.1 Å². The van der Waals surface area contributed by atoms with Crippen LogP contribution in [0.3, 0.4) is 0 Å². The van der Waals surface area contributed by atoms with Crippen molar-refractivity contribution >= 4 is 23.3 Å². The summed E-state index contributed by atoms with van der Waals surface area (Å²) in [5.41, 5.74) is 2.47. The van der Waals surface area contributed by atoms with Crippen LogP contribution in [0, 0.1) is 23.5 Å². The molecule has 1 aliphatic heterocycles. The second-order valence-corrected chi connectivity index (χ2v) is 7.66. The molecule has 162 valence electrons. The van der Waals surface area contributed by atoms with E-state index in [0.717, 1.165) is 30.7 Å². The van der Waals surface area contributed by atoms with E-state index in [-0.39, 0.29) is 23.0 Å². The molecule has 0 radical (unpaired) electrons. The van der Waals surface area contributed by atoms with Crippen molar-refractivity contribution in [3.63, 3.8) is 0 Å². The van der Waals surface area contributed by atoms with Crippen molar-refractivity contribution < 1.29 is 13.6 Å². The maximum absolute atomic E-state index is 14.3. The normalized spacial score (nSPS) is 12.6. The van der Waals surface area contributed by atoms with E-state index in [1.165, 1.54) is 0 Å². The molecule has 0 atom stereocenters. The van der Waals surface area contributed by atoms with Gasteiger partial charge in [0.1, 0.15) is 17.3 Å². The molecular formula is C24H19ClF2N4O. The van der Waals surface area contributed by atoms with Crippen LogP contribution in [0.5, 0.6) is 0 Å². The summed E-state index contributed by atoms with van der Waals surface area (Å²) in [4.78, 5) is 22.7. The minimum atomic E-state index is -0.662. The standard InChI is InChI=1S/C24H19ClF2N4O/c1-28-24(32)16-5-2-4-15(12-16)7-8-17-13-29-21-6-3-11-31(23(21)30-17)14-18-19(26)9-10-20(27)22(18)25/h2,4-5,9-10,12-13H,3,6,11,14H2,1H3,(H,28,32). The highest BCUT2D eigenvalue weighted by atomic mass is 35.5. The number of fused-ring (bicyclic) bond motifs is 1. The molecule has 32 heavy (non-hydrogen) atoms. The van der Waals surface area contributed by atoms with E-state index in [2.05, 4.69) is 27.1 Å². The molecule has 1 N–H and O–H groups in total. The number of aromatic nitrogens is 2. The van der Waals surface area contributed by atoms with Gasteiger partial charge in [0.05, 0.1) is 16.9 Å². The van der Waals surface area contributed by atoms with Crippen LogP contribution in [0.4, 0.5) is 14.6 Å². The van der Waals surface area contributed by atoms with E-state index in [1.54, 1.807) is 37.5 Å². The lowest BCUT2D eigenvalue weighted by molar-refractivity contribution is 0.0963. The minimum absolute atomic E-state index is 0.0785. The SMILES string of the molecule is CNC(=O)c1cccc(C#Cc2cnc3c(n2)N(Cc2c(F)ccc(F)c2Cl)CCC3)c1. The van der Waals surface area contributed by atoms with Crippen LogP contribution in [-0.4, -0.2) is 29.5 Å². The predicted molar refractivity (Wildman–Crippen MR) is 119 cm³/mol.